The second kappa shape index (κ2) is 2.71. The predicted octanol–water partition coefficient (Wildman–Crippen LogP) is 0.977. The molecule has 2 aliphatic heterocycles. The predicted molar refractivity (Wildman–Crippen MR) is 47.9 cm³/mol. The Labute approximate surface area is 75.7 Å². The van der Waals surface area contributed by atoms with E-state index in [0.29, 0.717) is 16.9 Å². The van der Waals surface area contributed by atoms with E-state index in [2.05, 4.69) is 27.9 Å². The molecule has 0 saturated carbocycles. The molecule has 11 heavy (non-hydrogen) atoms. The number of aliphatic hydroxyl groups is 1. The van der Waals surface area contributed by atoms with Crippen molar-refractivity contribution in [1.82, 2.24) is 4.90 Å². The van der Waals surface area contributed by atoms with Gasteiger partial charge in [0.2, 0.25) is 0 Å². The lowest BCUT2D eigenvalue weighted by Crippen LogP contribution is -2.43. The van der Waals surface area contributed by atoms with Crippen LogP contribution in [0.25, 0.3) is 0 Å². The zero-order chi connectivity index (χ0) is 8.01. The summed E-state index contributed by atoms with van der Waals surface area (Å²) in [6.45, 7) is 0. The molecule has 3 heteroatoms. The zero-order valence-electron chi connectivity index (χ0n) is 6.70. The second-order valence-corrected chi connectivity index (χ2v) is 4.94. The van der Waals surface area contributed by atoms with Crippen molar-refractivity contribution in [1.29, 1.82) is 0 Å². The monoisotopic (exact) mass is 219 g/mol. The van der Waals surface area contributed by atoms with Crippen molar-refractivity contribution < 1.29 is 5.11 Å². The Morgan fingerprint density at radius 3 is 2.73 bits per heavy atom. The molecule has 2 nitrogen and oxygen atoms in total. The first-order valence-electron chi connectivity index (χ1n) is 4.22. The highest BCUT2D eigenvalue weighted by molar-refractivity contribution is 9.09. The van der Waals surface area contributed by atoms with Gasteiger partial charge in [0.05, 0.1) is 6.10 Å². The van der Waals surface area contributed by atoms with E-state index in [1.807, 2.05) is 0 Å². The number of hydrogen-bond donors (Lipinski definition) is 1. The van der Waals surface area contributed by atoms with Crippen LogP contribution in [0.2, 0.25) is 0 Å². The Bertz CT molecular complexity index is 162. The standard InChI is InChI=1S/C8H14BrNO/c1-10-5-2-6(11)4-8(10)7(9)3-5/h5-8,11H,2-4H2,1H3. The first-order chi connectivity index (χ1) is 5.18. The molecule has 2 bridgehead atoms. The van der Waals surface area contributed by atoms with Crippen LogP contribution in [0.15, 0.2) is 0 Å². The summed E-state index contributed by atoms with van der Waals surface area (Å²) in [5.41, 5.74) is 0. The van der Waals surface area contributed by atoms with Gasteiger partial charge >= 0.3 is 0 Å². The van der Waals surface area contributed by atoms with Gasteiger partial charge in [-0.25, -0.2) is 0 Å². The van der Waals surface area contributed by atoms with Gasteiger partial charge in [-0.05, 0) is 26.3 Å². The van der Waals surface area contributed by atoms with Gasteiger partial charge in [-0.2, -0.15) is 0 Å². The van der Waals surface area contributed by atoms with Crippen LogP contribution in [0, 0.1) is 0 Å². The fraction of sp³-hybridized carbons (Fsp3) is 1.00. The van der Waals surface area contributed by atoms with E-state index in [1.165, 1.54) is 6.42 Å². The van der Waals surface area contributed by atoms with Crippen LogP contribution in [-0.2, 0) is 0 Å². The van der Waals surface area contributed by atoms with Gasteiger partial charge in [-0.3, -0.25) is 4.90 Å². The summed E-state index contributed by atoms with van der Waals surface area (Å²) < 4.78 is 0. The van der Waals surface area contributed by atoms with Crippen molar-refractivity contribution in [2.45, 2.75) is 42.3 Å². The quantitative estimate of drug-likeness (QED) is 0.615. The molecule has 0 amide bonds. The van der Waals surface area contributed by atoms with Crippen molar-refractivity contribution in [2.24, 2.45) is 0 Å². The number of hydrogen-bond acceptors (Lipinski definition) is 2. The SMILES string of the molecule is CN1C2CC(O)CC1C(Br)C2. The molecule has 0 radical (unpaired) electrons. The van der Waals surface area contributed by atoms with Crippen molar-refractivity contribution in [3.05, 3.63) is 0 Å². The number of alkyl halides is 1. The van der Waals surface area contributed by atoms with Crippen molar-refractivity contribution in [3.63, 3.8) is 0 Å². The van der Waals surface area contributed by atoms with E-state index in [-0.39, 0.29) is 6.10 Å². The molecular formula is C8H14BrNO. The van der Waals surface area contributed by atoms with E-state index in [0.717, 1.165) is 12.8 Å². The molecule has 1 N–H and O–H groups in total. The molecule has 2 saturated heterocycles. The minimum absolute atomic E-state index is 0.0521. The van der Waals surface area contributed by atoms with E-state index >= 15 is 0 Å². The largest absolute Gasteiger partial charge is 0.393 e. The third-order valence-electron chi connectivity index (χ3n) is 3.07. The maximum absolute atomic E-state index is 9.48. The van der Waals surface area contributed by atoms with Gasteiger partial charge in [0, 0.05) is 16.9 Å². The molecule has 4 atom stereocenters. The minimum Gasteiger partial charge on any atom is -0.393 e. The lowest BCUT2D eigenvalue weighted by Gasteiger charge is -2.34. The number of piperidine rings is 1. The van der Waals surface area contributed by atoms with Crippen LogP contribution in [0.3, 0.4) is 0 Å². The summed E-state index contributed by atoms with van der Waals surface area (Å²) in [5, 5.41) is 9.48. The number of rotatable bonds is 0. The first-order valence-corrected chi connectivity index (χ1v) is 5.14. The fourth-order valence-corrected chi connectivity index (χ4v) is 3.39. The van der Waals surface area contributed by atoms with Crippen LogP contribution in [0.1, 0.15) is 19.3 Å². The molecule has 0 aromatic carbocycles. The molecule has 4 unspecified atom stereocenters. The summed E-state index contributed by atoms with van der Waals surface area (Å²) in [5.74, 6) is 0. The summed E-state index contributed by atoms with van der Waals surface area (Å²) in [6.07, 6.45) is 3.07. The minimum atomic E-state index is -0.0521. The van der Waals surface area contributed by atoms with E-state index in [1.54, 1.807) is 0 Å². The molecule has 0 aromatic heterocycles. The Balaban J connectivity index is 2.14. The number of nitrogens with zero attached hydrogens (tertiary/aromatic N) is 1. The number of aliphatic hydroxyl groups excluding tert-OH is 1. The maximum Gasteiger partial charge on any atom is 0.0570 e. The third kappa shape index (κ3) is 1.23. The fourth-order valence-electron chi connectivity index (χ4n) is 2.37. The van der Waals surface area contributed by atoms with Crippen LogP contribution >= 0.6 is 15.9 Å². The Morgan fingerprint density at radius 1 is 1.36 bits per heavy atom. The highest BCUT2D eigenvalue weighted by Gasteiger charge is 2.43. The average molecular weight is 220 g/mol. The molecule has 0 aromatic rings. The van der Waals surface area contributed by atoms with E-state index in [9.17, 15) is 5.11 Å². The van der Waals surface area contributed by atoms with Crippen LogP contribution in [0.5, 0.6) is 0 Å². The third-order valence-corrected chi connectivity index (χ3v) is 4.06. The molecule has 2 heterocycles. The van der Waals surface area contributed by atoms with Crippen molar-refractivity contribution in [2.75, 3.05) is 7.05 Å². The Hall–Kier alpha value is 0.400. The topological polar surface area (TPSA) is 23.5 Å². The van der Waals surface area contributed by atoms with Crippen LogP contribution < -0.4 is 0 Å². The van der Waals surface area contributed by atoms with E-state index in [4.69, 9.17) is 0 Å². The first kappa shape index (κ1) is 8.02. The normalized spacial score (nSPS) is 51.5. The Morgan fingerprint density at radius 2 is 2.09 bits per heavy atom. The smallest absolute Gasteiger partial charge is 0.0570 e. The molecular weight excluding hydrogens is 206 g/mol. The molecule has 0 spiro atoms. The summed E-state index contributed by atoms with van der Waals surface area (Å²) in [7, 11) is 2.17. The van der Waals surface area contributed by atoms with E-state index < -0.39 is 0 Å². The van der Waals surface area contributed by atoms with Crippen molar-refractivity contribution >= 4 is 15.9 Å². The van der Waals surface area contributed by atoms with Crippen LogP contribution in [-0.4, -0.2) is 40.1 Å². The lowest BCUT2D eigenvalue weighted by molar-refractivity contribution is 0.0511. The highest BCUT2D eigenvalue weighted by Crippen LogP contribution is 2.37. The average Bonchev–Trinajstić information content (AvgIpc) is 2.17. The second-order valence-electron chi connectivity index (χ2n) is 3.76. The van der Waals surface area contributed by atoms with Gasteiger partial charge in [0.25, 0.3) is 0 Å². The summed E-state index contributed by atoms with van der Waals surface area (Å²) >= 11 is 3.66. The van der Waals surface area contributed by atoms with Crippen molar-refractivity contribution in [3.8, 4) is 0 Å². The summed E-state index contributed by atoms with van der Waals surface area (Å²) in [4.78, 5) is 3.02. The van der Waals surface area contributed by atoms with Gasteiger partial charge in [0.1, 0.15) is 0 Å². The number of fused-ring (bicyclic) bond motifs is 2. The zero-order valence-corrected chi connectivity index (χ0v) is 8.29. The maximum atomic E-state index is 9.48. The highest BCUT2D eigenvalue weighted by atomic mass is 79.9. The number of halogens is 1. The van der Waals surface area contributed by atoms with Gasteiger partial charge in [-0.1, -0.05) is 15.9 Å². The summed E-state index contributed by atoms with van der Waals surface area (Å²) in [6, 6.07) is 1.19. The Kier molecular flexibility index (Phi) is 1.98. The van der Waals surface area contributed by atoms with Gasteiger partial charge in [0.15, 0.2) is 0 Å². The van der Waals surface area contributed by atoms with Gasteiger partial charge < -0.3 is 5.11 Å². The lowest BCUT2D eigenvalue weighted by atomic mass is 10.0. The van der Waals surface area contributed by atoms with Gasteiger partial charge in [-0.15, -0.1) is 0 Å². The molecule has 0 aliphatic carbocycles. The molecule has 2 rings (SSSR count). The molecule has 64 valence electrons. The van der Waals surface area contributed by atoms with Crippen LogP contribution in [0.4, 0.5) is 0 Å². The molecule has 2 fully saturated rings. The molecule has 2 aliphatic rings.